The Kier molecular flexibility index (Phi) is 2.80. The summed E-state index contributed by atoms with van der Waals surface area (Å²) in [5.74, 6) is 0. The van der Waals surface area contributed by atoms with Crippen molar-refractivity contribution >= 4 is 58.2 Å². The second-order valence-corrected chi connectivity index (χ2v) is 5.34. The first kappa shape index (κ1) is 10.5. The molecule has 1 aliphatic rings. The summed E-state index contributed by atoms with van der Waals surface area (Å²) in [6.07, 6.45) is 0. The number of nitrogens with zero attached hydrogens (tertiary/aromatic N) is 2. The van der Waals surface area contributed by atoms with Crippen LogP contribution in [0.1, 0.15) is 0 Å². The molecule has 7 heteroatoms. The summed E-state index contributed by atoms with van der Waals surface area (Å²) in [7, 11) is 1.67. The van der Waals surface area contributed by atoms with Gasteiger partial charge in [-0.1, -0.05) is 46.4 Å². The molecule has 0 N–H and O–H groups in total. The molecule has 1 rings (SSSR count). The Labute approximate surface area is 90.0 Å². The van der Waals surface area contributed by atoms with Crippen molar-refractivity contribution in [1.82, 2.24) is 9.32 Å². The fraction of sp³-hybridized carbons (Fsp3) is 1.00. The molecule has 1 fully saturated rings. The fourth-order valence-electron chi connectivity index (χ4n) is 0.789. The summed E-state index contributed by atoms with van der Waals surface area (Å²) in [5, 5.41) is 0. The third-order valence-corrected chi connectivity index (χ3v) is 3.78. The summed E-state index contributed by atoms with van der Waals surface area (Å²) in [6.45, 7) is 0.284. The molecule has 1 aliphatic heterocycles. The van der Waals surface area contributed by atoms with Crippen molar-refractivity contribution in [2.24, 2.45) is 0 Å². The van der Waals surface area contributed by atoms with E-state index in [0.29, 0.717) is 0 Å². The van der Waals surface area contributed by atoms with Crippen molar-refractivity contribution in [3.8, 4) is 0 Å². The van der Waals surface area contributed by atoms with Crippen molar-refractivity contribution < 1.29 is 0 Å². The van der Waals surface area contributed by atoms with Gasteiger partial charge in [-0.3, -0.25) is 4.90 Å². The maximum Gasteiger partial charge on any atom is 0.245 e. The Morgan fingerprint density at radius 2 is 1.64 bits per heavy atom. The highest BCUT2D eigenvalue weighted by molar-refractivity contribution is 6.55. The molecular weight excluding hydrogens is 253 g/mol. The second-order valence-electron chi connectivity index (χ2n) is 2.31. The van der Waals surface area contributed by atoms with Gasteiger partial charge in [0.2, 0.25) is 9.04 Å². The maximum atomic E-state index is 5.77. The minimum Gasteiger partial charge on any atom is -0.257 e. The van der Waals surface area contributed by atoms with Crippen molar-refractivity contribution in [3.05, 3.63) is 0 Å². The quantitative estimate of drug-likeness (QED) is 0.374. The van der Waals surface area contributed by atoms with Crippen LogP contribution >= 0.6 is 58.2 Å². The Morgan fingerprint density at radius 3 is 1.73 bits per heavy atom. The largest absolute Gasteiger partial charge is 0.257 e. The van der Waals surface area contributed by atoms with E-state index in [-0.39, 0.29) is 6.54 Å². The molecular formula is C4H5Cl5N2. The van der Waals surface area contributed by atoms with E-state index in [0.717, 1.165) is 4.42 Å². The number of hydrogen-bond acceptors (Lipinski definition) is 2. The van der Waals surface area contributed by atoms with Gasteiger partial charge >= 0.3 is 0 Å². The number of likely N-dealkylation sites (N-methyl/N-ethyl adjacent to an activating group) is 1. The third-order valence-electron chi connectivity index (χ3n) is 1.41. The van der Waals surface area contributed by atoms with Gasteiger partial charge < -0.3 is 0 Å². The normalized spacial score (nSPS) is 31.1. The molecule has 0 aromatic carbocycles. The van der Waals surface area contributed by atoms with Gasteiger partial charge in [-0.05, 0) is 18.8 Å². The molecule has 66 valence electrons. The zero-order valence-corrected chi connectivity index (χ0v) is 9.27. The highest BCUT2D eigenvalue weighted by Crippen LogP contribution is 2.48. The lowest BCUT2D eigenvalue weighted by Crippen LogP contribution is -2.39. The topological polar surface area (TPSA) is 6.48 Å². The van der Waals surface area contributed by atoms with Gasteiger partial charge in [-0.25, -0.2) is 0 Å². The van der Waals surface area contributed by atoms with Crippen LogP contribution in [0.15, 0.2) is 0 Å². The number of rotatable bonds is 0. The van der Waals surface area contributed by atoms with E-state index >= 15 is 0 Å². The predicted octanol–water partition coefficient (Wildman–Crippen LogP) is 2.61. The zero-order valence-electron chi connectivity index (χ0n) is 5.49. The van der Waals surface area contributed by atoms with E-state index in [4.69, 9.17) is 58.2 Å². The summed E-state index contributed by atoms with van der Waals surface area (Å²) >= 11 is 28.7. The second kappa shape index (κ2) is 2.95. The Morgan fingerprint density at radius 1 is 1.18 bits per heavy atom. The molecule has 0 amide bonds. The monoisotopic (exact) mass is 256 g/mol. The highest BCUT2D eigenvalue weighted by Gasteiger charge is 2.55. The number of alkyl halides is 4. The van der Waals surface area contributed by atoms with E-state index in [1.54, 1.807) is 7.05 Å². The van der Waals surface area contributed by atoms with Gasteiger partial charge in [0.05, 0.1) is 6.54 Å². The summed E-state index contributed by atoms with van der Waals surface area (Å²) < 4.78 is -1.61. The van der Waals surface area contributed by atoms with Gasteiger partial charge in [-0.2, -0.15) is 0 Å². The van der Waals surface area contributed by atoms with Crippen LogP contribution in [0.5, 0.6) is 0 Å². The van der Waals surface area contributed by atoms with Gasteiger partial charge in [0.1, 0.15) is 0 Å². The van der Waals surface area contributed by atoms with Crippen LogP contribution in [0, 0.1) is 0 Å². The van der Waals surface area contributed by atoms with Gasteiger partial charge in [0, 0.05) is 0 Å². The summed E-state index contributed by atoms with van der Waals surface area (Å²) in [4.78, 5) is 1.53. The Bertz CT molecular complexity index is 170. The molecule has 0 saturated carbocycles. The molecule has 0 spiro atoms. The molecule has 0 aliphatic carbocycles. The molecule has 1 saturated heterocycles. The Balaban J connectivity index is 2.89. The van der Waals surface area contributed by atoms with Crippen molar-refractivity contribution in [3.63, 3.8) is 0 Å². The third kappa shape index (κ3) is 1.68. The SMILES string of the molecule is CN1CC(Cl)(Cl)N(Cl)C1(Cl)Cl. The molecule has 2 nitrogen and oxygen atoms in total. The van der Waals surface area contributed by atoms with Gasteiger partial charge in [0.25, 0.3) is 0 Å². The highest BCUT2D eigenvalue weighted by atomic mass is 35.5. The number of hydrogen-bond donors (Lipinski definition) is 0. The Hall–Kier alpha value is 1.37. The standard InChI is InChI=1S/C4H5Cl5N2/c1-10-2-3(5,6)11(9)4(10,7)8/h2H2,1H3. The van der Waals surface area contributed by atoms with Crippen LogP contribution < -0.4 is 0 Å². The first-order valence-electron chi connectivity index (χ1n) is 2.71. The van der Waals surface area contributed by atoms with Crippen molar-refractivity contribution in [2.75, 3.05) is 13.6 Å². The van der Waals surface area contributed by atoms with E-state index in [9.17, 15) is 0 Å². The maximum absolute atomic E-state index is 5.77. The summed E-state index contributed by atoms with van der Waals surface area (Å²) in [6, 6.07) is 0. The molecule has 0 aromatic rings. The van der Waals surface area contributed by atoms with E-state index in [1.807, 2.05) is 0 Å². The first-order valence-corrected chi connectivity index (χ1v) is 4.56. The molecule has 0 aromatic heterocycles. The molecule has 0 unspecified atom stereocenters. The minimum absolute atomic E-state index is 0.284. The smallest absolute Gasteiger partial charge is 0.245 e. The zero-order chi connectivity index (χ0) is 8.86. The molecule has 11 heavy (non-hydrogen) atoms. The van der Waals surface area contributed by atoms with E-state index < -0.39 is 9.04 Å². The predicted molar refractivity (Wildman–Crippen MR) is 49.2 cm³/mol. The van der Waals surface area contributed by atoms with E-state index in [1.165, 1.54) is 4.90 Å². The minimum atomic E-state index is -1.34. The van der Waals surface area contributed by atoms with Crippen molar-refractivity contribution in [1.29, 1.82) is 0 Å². The molecule has 0 radical (unpaired) electrons. The molecule has 0 bridgehead atoms. The van der Waals surface area contributed by atoms with E-state index in [2.05, 4.69) is 0 Å². The van der Waals surface area contributed by atoms with Crippen LogP contribution in [-0.2, 0) is 0 Å². The van der Waals surface area contributed by atoms with Crippen LogP contribution in [0.3, 0.4) is 0 Å². The van der Waals surface area contributed by atoms with Crippen LogP contribution in [0.2, 0.25) is 0 Å². The van der Waals surface area contributed by atoms with Crippen LogP contribution in [-0.4, -0.2) is 31.9 Å². The van der Waals surface area contributed by atoms with Crippen molar-refractivity contribution in [2.45, 2.75) is 9.04 Å². The lowest BCUT2D eigenvalue weighted by molar-refractivity contribution is 0.278. The lowest BCUT2D eigenvalue weighted by atomic mass is 10.6. The van der Waals surface area contributed by atoms with Gasteiger partial charge in [0.15, 0.2) is 0 Å². The van der Waals surface area contributed by atoms with Crippen LogP contribution in [0.4, 0.5) is 0 Å². The van der Waals surface area contributed by atoms with Crippen LogP contribution in [0.25, 0.3) is 0 Å². The average Bonchev–Trinajstić information content (AvgIpc) is 1.94. The fourth-order valence-corrected chi connectivity index (χ4v) is 2.16. The van der Waals surface area contributed by atoms with Gasteiger partial charge in [-0.15, -0.1) is 4.42 Å². The molecule has 1 heterocycles. The lowest BCUT2D eigenvalue weighted by Gasteiger charge is -2.26. The average molecular weight is 258 g/mol. The number of halogens is 5. The summed E-state index contributed by atoms with van der Waals surface area (Å²) in [5.41, 5.74) is 0. The molecule has 0 atom stereocenters. The first-order chi connectivity index (χ1) is 4.78.